The predicted molar refractivity (Wildman–Crippen MR) is 112 cm³/mol. The van der Waals surface area contributed by atoms with Crippen LogP contribution in [-0.2, 0) is 0 Å². The molecule has 0 radical (unpaired) electrons. The maximum Gasteiger partial charge on any atom is 0.315 e. The van der Waals surface area contributed by atoms with Gasteiger partial charge < -0.3 is 9.47 Å². The molecule has 0 amide bonds. The van der Waals surface area contributed by atoms with Crippen molar-refractivity contribution in [1.29, 1.82) is 5.26 Å². The Balaban J connectivity index is 2.10. The molecule has 0 fully saturated rings. The van der Waals surface area contributed by atoms with E-state index in [1.807, 2.05) is 0 Å². The first-order valence-electron chi connectivity index (χ1n) is 8.45. The minimum Gasteiger partial charge on any atom is -0.493 e. The molecule has 10 nitrogen and oxygen atoms in total. The molecular weight excluding hydrogens is 458 g/mol. The molecule has 2 aromatic carbocycles. The molecule has 0 aliphatic heterocycles. The summed E-state index contributed by atoms with van der Waals surface area (Å²) in [7, 11) is 1.32. The van der Waals surface area contributed by atoms with Crippen molar-refractivity contribution in [1.82, 2.24) is 9.66 Å². The van der Waals surface area contributed by atoms with Gasteiger partial charge in [-0.15, -0.1) is 0 Å². The first kappa shape index (κ1) is 20.9. The molecule has 0 saturated heterocycles. The van der Waals surface area contributed by atoms with Crippen molar-refractivity contribution in [3.05, 3.63) is 66.7 Å². The third-order valence-corrected chi connectivity index (χ3v) is 4.54. The Morgan fingerprint density at radius 2 is 2.17 bits per heavy atom. The molecule has 3 rings (SSSR count). The number of hydrogen-bond acceptors (Lipinski definition) is 8. The lowest BCUT2D eigenvalue weighted by molar-refractivity contribution is -0.385. The Kier molecular flexibility index (Phi) is 6.08. The van der Waals surface area contributed by atoms with Crippen LogP contribution >= 0.6 is 15.9 Å². The molecule has 0 bridgehead atoms. The molecule has 1 heterocycles. The van der Waals surface area contributed by atoms with E-state index in [0.717, 1.165) is 9.15 Å². The summed E-state index contributed by atoms with van der Waals surface area (Å²) in [5.41, 5.74) is 0.0492. The summed E-state index contributed by atoms with van der Waals surface area (Å²) in [5, 5.41) is 24.6. The van der Waals surface area contributed by atoms with Crippen molar-refractivity contribution in [3.8, 4) is 17.6 Å². The van der Waals surface area contributed by atoms with Crippen LogP contribution in [0.15, 0.2) is 44.7 Å². The summed E-state index contributed by atoms with van der Waals surface area (Å²) in [4.78, 5) is 27.9. The maximum atomic E-state index is 12.8. The van der Waals surface area contributed by atoms with Crippen LogP contribution in [0.4, 0.5) is 5.69 Å². The predicted octanol–water partition coefficient (Wildman–Crippen LogP) is 3.17. The van der Waals surface area contributed by atoms with Crippen molar-refractivity contribution in [2.75, 3.05) is 13.7 Å². The van der Waals surface area contributed by atoms with Gasteiger partial charge in [-0.1, -0.05) is 15.9 Å². The number of hydrogen-bond donors (Lipinski definition) is 0. The number of ether oxygens (including phenoxy) is 2. The van der Waals surface area contributed by atoms with Crippen LogP contribution in [0.5, 0.6) is 11.5 Å². The number of methoxy groups -OCH3 is 1. The van der Waals surface area contributed by atoms with Gasteiger partial charge in [0, 0.05) is 16.1 Å². The quantitative estimate of drug-likeness (QED) is 0.306. The lowest BCUT2D eigenvalue weighted by atomic mass is 10.2. The normalized spacial score (nSPS) is 10.9. The second-order valence-corrected chi connectivity index (χ2v) is 6.87. The van der Waals surface area contributed by atoms with E-state index in [0.29, 0.717) is 22.3 Å². The number of aromatic nitrogens is 2. The molecule has 0 spiro atoms. The Bertz CT molecular complexity index is 1280. The summed E-state index contributed by atoms with van der Waals surface area (Å²) >= 11 is 3.32. The minimum atomic E-state index is -0.654. The van der Waals surface area contributed by atoms with Gasteiger partial charge in [0.25, 0.3) is 5.56 Å². The van der Waals surface area contributed by atoms with Crippen molar-refractivity contribution in [2.24, 2.45) is 5.10 Å². The number of nitro benzene ring substituents is 1. The summed E-state index contributed by atoms with van der Waals surface area (Å²) in [5.74, 6) is 0.249. The average molecular weight is 472 g/mol. The van der Waals surface area contributed by atoms with Crippen LogP contribution in [0.1, 0.15) is 11.4 Å². The summed E-state index contributed by atoms with van der Waals surface area (Å²) in [6.45, 7) is 1.25. The fourth-order valence-corrected chi connectivity index (χ4v) is 3.10. The molecule has 0 saturated carbocycles. The third-order valence-electron chi connectivity index (χ3n) is 4.05. The van der Waals surface area contributed by atoms with Crippen LogP contribution in [0, 0.1) is 28.4 Å². The third kappa shape index (κ3) is 4.13. The van der Waals surface area contributed by atoms with E-state index in [9.17, 15) is 14.9 Å². The standard InChI is InChI=1S/C19H14BrN5O5/c1-11-23-15-4-3-13(20)9-14(15)19(26)24(11)22-10-12-7-16(25(27)28)18(30-6-5-21)17(8-12)29-2/h3-4,7-10H,6H2,1-2H3. The topological polar surface area (TPSA) is 133 Å². The summed E-state index contributed by atoms with van der Waals surface area (Å²) in [6, 6.07) is 9.56. The molecule has 0 aliphatic rings. The molecule has 0 aliphatic carbocycles. The molecule has 0 unspecified atom stereocenters. The highest BCUT2D eigenvalue weighted by Crippen LogP contribution is 2.37. The Morgan fingerprint density at radius 1 is 1.40 bits per heavy atom. The zero-order valence-corrected chi connectivity index (χ0v) is 17.4. The zero-order valence-electron chi connectivity index (χ0n) is 15.8. The molecule has 30 heavy (non-hydrogen) atoms. The number of nitro groups is 1. The monoisotopic (exact) mass is 471 g/mol. The van der Waals surface area contributed by atoms with E-state index in [4.69, 9.17) is 14.7 Å². The van der Waals surface area contributed by atoms with Gasteiger partial charge in [-0.25, -0.2) is 4.98 Å². The molecule has 0 atom stereocenters. The van der Waals surface area contributed by atoms with Gasteiger partial charge in [-0.05, 0) is 31.2 Å². The highest BCUT2D eigenvalue weighted by atomic mass is 79.9. The van der Waals surface area contributed by atoms with Crippen LogP contribution in [0.25, 0.3) is 10.9 Å². The highest BCUT2D eigenvalue weighted by Gasteiger charge is 2.22. The molecule has 3 aromatic rings. The van der Waals surface area contributed by atoms with Gasteiger partial charge in [0.05, 0.1) is 29.2 Å². The van der Waals surface area contributed by atoms with Crippen molar-refractivity contribution < 1.29 is 14.4 Å². The van der Waals surface area contributed by atoms with Crippen molar-refractivity contribution in [2.45, 2.75) is 6.92 Å². The van der Waals surface area contributed by atoms with E-state index in [-0.39, 0.29) is 23.7 Å². The van der Waals surface area contributed by atoms with Crippen molar-refractivity contribution in [3.63, 3.8) is 0 Å². The van der Waals surface area contributed by atoms with Gasteiger partial charge in [-0.2, -0.15) is 15.0 Å². The number of benzene rings is 2. The van der Waals surface area contributed by atoms with Crippen LogP contribution in [-0.4, -0.2) is 34.5 Å². The van der Waals surface area contributed by atoms with Crippen LogP contribution in [0.3, 0.4) is 0 Å². The van der Waals surface area contributed by atoms with Crippen LogP contribution in [0.2, 0.25) is 0 Å². The lowest BCUT2D eigenvalue weighted by Gasteiger charge is -2.10. The molecule has 1 aromatic heterocycles. The van der Waals surface area contributed by atoms with Crippen molar-refractivity contribution >= 4 is 38.7 Å². The Morgan fingerprint density at radius 3 is 2.83 bits per heavy atom. The number of rotatable bonds is 6. The number of aryl methyl sites for hydroxylation is 1. The van der Waals surface area contributed by atoms with Gasteiger partial charge >= 0.3 is 5.69 Å². The summed E-state index contributed by atoms with van der Waals surface area (Å²) < 4.78 is 12.1. The average Bonchev–Trinajstić information content (AvgIpc) is 2.72. The van der Waals surface area contributed by atoms with E-state index >= 15 is 0 Å². The van der Waals surface area contributed by atoms with E-state index < -0.39 is 10.6 Å². The fraction of sp³-hybridized carbons (Fsp3) is 0.158. The minimum absolute atomic E-state index is 0.0607. The van der Waals surface area contributed by atoms with Gasteiger partial charge in [-0.3, -0.25) is 14.9 Å². The zero-order chi connectivity index (χ0) is 21.8. The van der Waals surface area contributed by atoms with E-state index in [1.165, 1.54) is 25.5 Å². The summed E-state index contributed by atoms with van der Waals surface area (Å²) in [6.07, 6.45) is 1.28. The number of fused-ring (bicyclic) bond motifs is 1. The van der Waals surface area contributed by atoms with Crippen LogP contribution < -0.4 is 15.0 Å². The number of nitrogens with zero attached hydrogens (tertiary/aromatic N) is 5. The number of nitriles is 1. The Labute approximate surface area is 178 Å². The van der Waals surface area contributed by atoms with Gasteiger partial charge in [0.15, 0.2) is 12.4 Å². The van der Waals surface area contributed by atoms with Gasteiger partial charge in [0.1, 0.15) is 11.9 Å². The largest absolute Gasteiger partial charge is 0.493 e. The highest BCUT2D eigenvalue weighted by molar-refractivity contribution is 9.10. The SMILES string of the molecule is COc1cc(C=Nn2c(C)nc3ccc(Br)cc3c2=O)cc([N+](=O)[O-])c1OCC#N. The van der Waals surface area contributed by atoms with Gasteiger partial charge in [0.2, 0.25) is 5.75 Å². The first-order valence-corrected chi connectivity index (χ1v) is 9.24. The molecule has 11 heteroatoms. The second kappa shape index (κ2) is 8.71. The lowest BCUT2D eigenvalue weighted by Crippen LogP contribution is -2.20. The Hall–Kier alpha value is -3.78. The molecular formula is C19H14BrN5O5. The second-order valence-electron chi connectivity index (χ2n) is 5.96. The fourth-order valence-electron chi connectivity index (χ4n) is 2.74. The molecule has 152 valence electrons. The first-order chi connectivity index (χ1) is 14.3. The molecule has 0 N–H and O–H groups in total. The maximum absolute atomic E-state index is 12.8. The van der Waals surface area contributed by atoms with E-state index in [1.54, 1.807) is 31.2 Å². The smallest absolute Gasteiger partial charge is 0.315 e. The van der Waals surface area contributed by atoms with E-state index in [2.05, 4.69) is 26.0 Å². The number of halogens is 1.